The molecular formula is C14H16FNO2S. The third-order valence-electron chi connectivity index (χ3n) is 3.10. The summed E-state index contributed by atoms with van der Waals surface area (Å²) in [4.78, 5) is 14.3. The molecule has 0 bridgehead atoms. The average Bonchev–Trinajstić information content (AvgIpc) is 2.78. The number of hydrogen-bond donors (Lipinski definition) is 0. The molecule has 0 unspecified atom stereocenters. The Labute approximate surface area is 115 Å². The molecule has 0 spiro atoms. The van der Waals surface area contributed by atoms with E-state index in [0.29, 0.717) is 22.4 Å². The fourth-order valence-corrected chi connectivity index (χ4v) is 3.10. The van der Waals surface area contributed by atoms with Crippen LogP contribution >= 0.6 is 11.3 Å². The van der Waals surface area contributed by atoms with Crippen molar-refractivity contribution in [2.45, 2.75) is 13.5 Å². The second-order valence-electron chi connectivity index (χ2n) is 4.34. The van der Waals surface area contributed by atoms with E-state index in [9.17, 15) is 9.18 Å². The molecule has 0 aliphatic carbocycles. The molecule has 0 aliphatic heterocycles. The molecule has 1 aromatic heterocycles. The summed E-state index contributed by atoms with van der Waals surface area (Å²) >= 11 is 1.28. The monoisotopic (exact) mass is 281 g/mol. The molecule has 1 heterocycles. The third kappa shape index (κ3) is 2.62. The van der Waals surface area contributed by atoms with Crippen molar-refractivity contribution in [3.8, 4) is 0 Å². The van der Waals surface area contributed by atoms with Crippen LogP contribution in [0.2, 0.25) is 0 Å². The number of thiophene rings is 1. The van der Waals surface area contributed by atoms with Crippen molar-refractivity contribution in [2.75, 3.05) is 20.7 Å². The highest BCUT2D eigenvalue weighted by Gasteiger charge is 2.21. The van der Waals surface area contributed by atoms with Crippen molar-refractivity contribution in [3.05, 3.63) is 34.5 Å². The van der Waals surface area contributed by atoms with E-state index in [1.165, 1.54) is 24.5 Å². The molecule has 5 heteroatoms. The van der Waals surface area contributed by atoms with Gasteiger partial charge in [-0.2, -0.15) is 0 Å². The van der Waals surface area contributed by atoms with E-state index in [1.54, 1.807) is 6.07 Å². The topological polar surface area (TPSA) is 29.5 Å². The second-order valence-corrected chi connectivity index (χ2v) is 5.40. The van der Waals surface area contributed by atoms with Gasteiger partial charge in [0.1, 0.15) is 10.7 Å². The van der Waals surface area contributed by atoms with Crippen LogP contribution in [0, 0.1) is 5.82 Å². The van der Waals surface area contributed by atoms with Gasteiger partial charge in [-0.1, -0.05) is 13.0 Å². The Morgan fingerprint density at radius 3 is 2.84 bits per heavy atom. The van der Waals surface area contributed by atoms with Gasteiger partial charge in [0, 0.05) is 22.2 Å². The van der Waals surface area contributed by atoms with Gasteiger partial charge in [-0.15, -0.1) is 11.3 Å². The summed E-state index contributed by atoms with van der Waals surface area (Å²) in [5.74, 6) is -0.691. The number of methoxy groups -OCH3 is 1. The van der Waals surface area contributed by atoms with Gasteiger partial charge in [0.25, 0.3) is 0 Å². The molecule has 0 amide bonds. The largest absolute Gasteiger partial charge is 0.465 e. The van der Waals surface area contributed by atoms with Crippen LogP contribution in [0.1, 0.15) is 22.2 Å². The van der Waals surface area contributed by atoms with Crippen molar-refractivity contribution >= 4 is 27.4 Å². The van der Waals surface area contributed by atoms with Gasteiger partial charge in [-0.25, -0.2) is 9.18 Å². The molecule has 0 saturated heterocycles. The zero-order valence-corrected chi connectivity index (χ0v) is 12.0. The van der Waals surface area contributed by atoms with Gasteiger partial charge in [-0.05, 0) is 25.7 Å². The molecule has 0 saturated carbocycles. The van der Waals surface area contributed by atoms with Gasteiger partial charge >= 0.3 is 5.97 Å². The molecular weight excluding hydrogens is 265 g/mol. The molecule has 0 N–H and O–H groups in total. The minimum Gasteiger partial charge on any atom is -0.465 e. The normalized spacial score (nSPS) is 11.2. The van der Waals surface area contributed by atoms with Gasteiger partial charge in [0.05, 0.1) is 7.11 Å². The quantitative estimate of drug-likeness (QED) is 0.805. The first-order valence-electron chi connectivity index (χ1n) is 6.05. The van der Waals surface area contributed by atoms with E-state index in [-0.39, 0.29) is 5.82 Å². The lowest BCUT2D eigenvalue weighted by Gasteiger charge is -2.14. The highest BCUT2D eigenvalue weighted by molar-refractivity contribution is 7.21. The van der Waals surface area contributed by atoms with Crippen LogP contribution in [0.5, 0.6) is 0 Å². The van der Waals surface area contributed by atoms with Crippen molar-refractivity contribution in [2.24, 2.45) is 0 Å². The minimum absolute atomic E-state index is 0.289. The Hall–Kier alpha value is -1.46. The smallest absolute Gasteiger partial charge is 0.348 e. The molecule has 0 radical (unpaired) electrons. The van der Waals surface area contributed by atoms with Crippen molar-refractivity contribution < 1.29 is 13.9 Å². The zero-order chi connectivity index (χ0) is 14.0. The van der Waals surface area contributed by atoms with E-state index in [2.05, 4.69) is 0 Å². The van der Waals surface area contributed by atoms with Gasteiger partial charge < -0.3 is 9.64 Å². The number of carbonyl (C=O) groups excluding carboxylic acids is 1. The SMILES string of the molecule is CCN(C)Cc1c(C(=O)OC)sc2cccc(F)c12. The summed E-state index contributed by atoms with van der Waals surface area (Å²) in [6.07, 6.45) is 0. The minimum atomic E-state index is -0.403. The number of esters is 1. The number of ether oxygens (including phenoxy) is 1. The fraction of sp³-hybridized carbons (Fsp3) is 0.357. The maximum Gasteiger partial charge on any atom is 0.348 e. The second kappa shape index (κ2) is 5.67. The van der Waals surface area contributed by atoms with E-state index in [0.717, 1.165) is 11.2 Å². The molecule has 0 atom stereocenters. The highest BCUT2D eigenvalue weighted by atomic mass is 32.1. The summed E-state index contributed by atoms with van der Waals surface area (Å²) in [5, 5.41) is 0.535. The van der Waals surface area contributed by atoms with Gasteiger partial charge in [0.2, 0.25) is 0 Å². The first-order valence-corrected chi connectivity index (χ1v) is 6.86. The van der Waals surface area contributed by atoms with E-state index >= 15 is 0 Å². The summed E-state index contributed by atoms with van der Waals surface area (Å²) in [6.45, 7) is 3.37. The summed E-state index contributed by atoms with van der Waals surface area (Å²) in [5.41, 5.74) is 0.717. The number of hydrogen-bond acceptors (Lipinski definition) is 4. The summed E-state index contributed by atoms with van der Waals surface area (Å²) < 4.78 is 19.6. The maximum atomic E-state index is 14.0. The Kier molecular flexibility index (Phi) is 4.17. The maximum absolute atomic E-state index is 14.0. The lowest BCUT2D eigenvalue weighted by Crippen LogP contribution is -2.18. The number of nitrogens with zero attached hydrogens (tertiary/aromatic N) is 1. The van der Waals surface area contributed by atoms with Crippen LogP contribution in [0.4, 0.5) is 4.39 Å². The summed E-state index contributed by atoms with van der Waals surface area (Å²) in [7, 11) is 3.28. The summed E-state index contributed by atoms with van der Waals surface area (Å²) in [6, 6.07) is 4.90. The Morgan fingerprint density at radius 2 is 2.21 bits per heavy atom. The molecule has 19 heavy (non-hydrogen) atoms. The number of rotatable bonds is 4. The van der Waals surface area contributed by atoms with E-state index < -0.39 is 5.97 Å². The van der Waals surface area contributed by atoms with E-state index in [4.69, 9.17) is 4.74 Å². The lowest BCUT2D eigenvalue weighted by atomic mass is 10.1. The van der Waals surface area contributed by atoms with Crippen molar-refractivity contribution in [1.82, 2.24) is 4.90 Å². The van der Waals surface area contributed by atoms with Crippen LogP contribution < -0.4 is 0 Å². The van der Waals surface area contributed by atoms with Crippen LogP contribution in [0.3, 0.4) is 0 Å². The molecule has 102 valence electrons. The molecule has 0 aliphatic rings. The predicted molar refractivity (Wildman–Crippen MR) is 75.1 cm³/mol. The Morgan fingerprint density at radius 1 is 1.47 bits per heavy atom. The number of halogens is 1. The number of carbonyl (C=O) groups is 1. The van der Waals surface area contributed by atoms with Gasteiger partial charge in [-0.3, -0.25) is 0 Å². The van der Waals surface area contributed by atoms with Crippen molar-refractivity contribution in [1.29, 1.82) is 0 Å². The van der Waals surface area contributed by atoms with Gasteiger partial charge in [0.15, 0.2) is 0 Å². The standard InChI is InChI=1S/C14H16FNO2S/c1-4-16(2)8-9-12-10(15)6-5-7-11(12)19-13(9)14(17)18-3/h5-7H,4,8H2,1-3H3. The van der Waals surface area contributed by atoms with E-state index in [1.807, 2.05) is 24.9 Å². The predicted octanol–water partition coefficient (Wildman–Crippen LogP) is 3.28. The van der Waals surface area contributed by atoms with Crippen molar-refractivity contribution in [3.63, 3.8) is 0 Å². The molecule has 2 aromatic rings. The highest BCUT2D eigenvalue weighted by Crippen LogP contribution is 2.34. The Balaban J connectivity index is 2.63. The molecule has 2 rings (SSSR count). The number of benzene rings is 1. The zero-order valence-electron chi connectivity index (χ0n) is 11.2. The fourth-order valence-electron chi connectivity index (χ4n) is 1.96. The molecule has 0 fully saturated rings. The molecule has 1 aromatic carbocycles. The average molecular weight is 281 g/mol. The van der Waals surface area contributed by atoms with Crippen LogP contribution in [0.15, 0.2) is 18.2 Å². The number of fused-ring (bicyclic) bond motifs is 1. The van der Waals surface area contributed by atoms with Crippen LogP contribution in [0.25, 0.3) is 10.1 Å². The lowest BCUT2D eigenvalue weighted by molar-refractivity contribution is 0.0604. The first kappa shape index (κ1) is 14.0. The van der Waals surface area contributed by atoms with Crippen LogP contribution in [-0.4, -0.2) is 31.6 Å². The molecule has 3 nitrogen and oxygen atoms in total. The first-order chi connectivity index (χ1) is 9.08. The van der Waals surface area contributed by atoms with Crippen LogP contribution in [-0.2, 0) is 11.3 Å². The third-order valence-corrected chi connectivity index (χ3v) is 4.28. The Bertz CT molecular complexity index is 609.